The maximum atomic E-state index is 10.1. The molecule has 1 heterocycles. The van der Waals surface area contributed by atoms with Crippen LogP contribution in [0.2, 0.25) is 0 Å². The van der Waals surface area contributed by atoms with E-state index in [0.717, 1.165) is 5.56 Å². The van der Waals surface area contributed by atoms with Gasteiger partial charge in [-0.1, -0.05) is 6.07 Å². The van der Waals surface area contributed by atoms with Crippen LogP contribution < -0.4 is 4.74 Å². The fourth-order valence-corrected chi connectivity index (χ4v) is 2.67. The average Bonchev–Trinajstić information content (AvgIpc) is 2.54. The summed E-state index contributed by atoms with van der Waals surface area (Å²) in [7, 11) is 1.47. The van der Waals surface area contributed by atoms with Crippen molar-refractivity contribution in [2.24, 2.45) is 0 Å². The van der Waals surface area contributed by atoms with E-state index in [2.05, 4.69) is 0 Å². The summed E-state index contributed by atoms with van der Waals surface area (Å²) >= 11 is 0. The first-order valence-corrected chi connectivity index (χ1v) is 7.62. The van der Waals surface area contributed by atoms with Gasteiger partial charge in [-0.05, 0) is 30.5 Å². The maximum Gasteiger partial charge on any atom is 0.160 e. The van der Waals surface area contributed by atoms with Crippen LogP contribution in [0.1, 0.15) is 18.4 Å². The summed E-state index contributed by atoms with van der Waals surface area (Å²) in [6, 6.07) is 4.98. The molecule has 1 saturated heterocycles. The Morgan fingerprint density at radius 1 is 1.26 bits per heavy atom. The lowest BCUT2D eigenvalue weighted by Crippen LogP contribution is -2.53. The third kappa shape index (κ3) is 4.55. The Morgan fingerprint density at radius 2 is 2.00 bits per heavy atom. The molecule has 7 heteroatoms. The van der Waals surface area contributed by atoms with Crippen LogP contribution in [-0.4, -0.2) is 69.8 Å². The fraction of sp³-hybridized carbons (Fsp3) is 0.625. The number of rotatable bonds is 6. The van der Waals surface area contributed by atoms with Crippen molar-refractivity contribution in [3.63, 3.8) is 0 Å². The van der Waals surface area contributed by atoms with E-state index in [4.69, 9.17) is 9.47 Å². The van der Waals surface area contributed by atoms with Crippen LogP contribution in [0.4, 0.5) is 0 Å². The summed E-state index contributed by atoms with van der Waals surface area (Å²) in [6.07, 6.45) is -3.87. The number of aliphatic hydroxyl groups is 4. The molecule has 0 spiro atoms. The largest absolute Gasteiger partial charge is 0.504 e. The van der Waals surface area contributed by atoms with Gasteiger partial charge >= 0.3 is 0 Å². The number of aryl methyl sites for hydroxylation is 1. The number of ether oxygens (including phenoxy) is 2. The minimum Gasteiger partial charge on any atom is -0.504 e. The van der Waals surface area contributed by atoms with Crippen LogP contribution in [-0.2, 0) is 11.2 Å². The molecule has 7 nitrogen and oxygen atoms in total. The van der Waals surface area contributed by atoms with E-state index in [9.17, 15) is 25.5 Å². The number of aliphatic hydroxyl groups excluding tert-OH is 4. The van der Waals surface area contributed by atoms with Crippen molar-refractivity contribution in [3.8, 4) is 11.5 Å². The van der Waals surface area contributed by atoms with Gasteiger partial charge in [0.2, 0.25) is 0 Å². The Bertz CT molecular complexity index is 507. The molecule has 0 radical (unpaired) electrons. The van der Waals surface area contributed by atoms with E-state index in [1.54, 1.807) is 12.1 Å². The zero-order valence-corrected chi connectivity index (χ0v) is 13.0. The molecule has 0 aromatic heterocycles. The SMILES string of the molecule is COc1cc(CC[C@H](O)C[C@@H]2OC[C@@H](O)[C@H](O)[C@H]2O)ccc1O. The smallest absolute Gasteiger partial charge is 0.160 e. The molecule has 0 amide bonds. The van der Waals surface area contributed by atoms with Crippen LogP contribution >= 0.6 is 0 Å². The molecule has 5 N–H and O–H groups in total. The standard InChI is InChI=1S/C16H24O7/c1-22-13-6-9(3-5-11(13)18)2-4-10(17)7-14-16(21)15(20)12(19)8-23-14/h3,5-6,10,12,14-21H,2,4,7-8H2,1H3/t10-,12+,14-,15-,16-/m0/s1. The Labute approximate surface area is 134 Å². The fourth-order valence-electron chi connectivity index (χ4n) is 2.67. The van der Waals surface area contributed by atoms with Gasteiger partial charge in [0, 0.05) is 6.42 Å². The van der Waals surface area contributed by atoms with Gasteiger partial charge in [0.15, 0.2) is 11.5 Å². The summed E-state index contributed by atoms with van der Waals surface area (Å²) in [5, 5.41) is 48.5. The molecule has 1 aliphatic rings. The lowest BCUT2D eigenvalue weighted by atomic mass is 9.94. The number of phenolic OH excluding ortho intramolecular Hbond substituents is 1. The lowest BCUT2D eigenvalue weighted by molar-refractivity contribution is -0.193. The van der Waals surface area contributed by atoms with E-state index >= 15 is 0 Å². The van der Waals surface area contributed by atoms with Crippen molar-refractivity contribution in [2.45, 2.75) is 49.8 Å². The van der Waals surface area contributed by atoms with E-state index in [1.165, 1.54) is 13.2 Å². The molecular weight excluding hydrogens is 304 g/mol. The van der Waals surface area contributed by atoms with Crippen molar-refractivity contribution in [3.05, 3.63) is 23.8 Å². The van der Waals surface area contributed by atoms with E-state index in [-0.39, 0.29) is 18.8 Å². The molecule has 0 unspecified atom stereocenters. The van der Waals surface area contributed by atoms with Gasteiger partial charge in [-0.3, -0.25) is 0 Å². The molecule has 0 aliphatic carbocycles. The second-order valence-electron chi connectivity index (χ2n) is 5.85. The van der Waals surface area contributed by atoms with Gasteiger partial charge in [-0.15, -0.1) is 0 Å². The van der Waals surface area contributed by atoms with E-state index in [0.29, 0.717) is 18.6 Å². The molecule has 2 rings (SSSR count). The van der Waals surface area contributed by atoms with Crippen LogP contribution in [0.25, 0.3) is 0 Å². The molecule has 1 aromatic rings. The van der Waals surface area contributed by atoms with Crippen LogP contribution in [0.15, 0.2) is 18.2 Å². The highest BCUT2D eigenvalue weighted by molar-refractivity contribution is 5.41. The van der Waals surface area contributed by atoms with E-state index < -0.39 is 30.5 Å². The molecule has 1 aliphatic heterocycles. The molecule has 23 heavy (non-hydrogen) atoms. The van der Waals surface area contributed by atoms with Crippen LogP contribution in [0, 0.1) is 0 Å². The molecule has 0 saturated carbocycles. The topological polar surface area (TPSA) is 120 Å². The Hall–Kier alpha value is -1.38. The van der Waals surface area contributed by atoms with Crippen molar-refractivity contribution in [1.29, 1.82) is 0 Å². The highest BCUT2D eigenvalue weighted by Gasteiger charge is 2.38. The van der Waals surface area contributed by atoms with Crippen LogP contribution in [0.3, 0.4) is 0 Å². The zero-order valence-electron chi connectivity index (χ0n) is 13.0. The van der Waals surface area contributed by atoms with E-state index in [1.807, 2.05) is 0 Å². The number of aromatic hydroxyl groups is 1. The lowest BCUT2D eigenvalue weighted by Gasteiger charge is -2.36. The number of benzene rings is 1. The van der Waals surface area contributed by atoms with Crippen LogP contribution in [0.5, 0.6) is 11.5 Å². The average molecular weight is 328 g/mol. The van der Waals surface area contributed by atoms with Gasteiger partial charge in [0.05, 0.1) is 25.9 Å². The Morgan fingerprint density at radius 3 is 2.70 bits per heavy atom. The van der Waals surface area contributed by atoms with Gasteiger partial charge in [0.1, 0.15) is 18.3 Å². The monoisotopic (exact) mass is 328 g/mol. The first kappa shape index (κ1) is 18.0. The minimum absolute atomic E-state index is 0.0584. The van der Waals surface area contributed by atoms with Gasteiger partial charge in [-0.25, -0.2) is 0 Å². The molecule has 0 bridgehead atoms. The maximum absolute atomic E-state index is 10.1. The number of phenols is 1. The first-order valence-electron chi connectivity index (χ1n) is 7.62. The number of hydrogen-bond donors (Lipinski definition) is 5. The minimum atomic E-state index is -1.26. The molecular formula is C16H24O7. The third-order valence-corrected chi connectivity index (χ3v) is 4.12. The van der Waals surface area contributed by atoms with Crippen molar-refractivity contribution in [2.75, 3.05) is 13.7 Å². The Balaban J connectivity index is 1.84. The highest BCUT2D eigenvalue weighted by atomic mass is 16.5. The van der Waals surface area contributed by atoms with Crippen molar-refractivity contribution >= 4 is 0 Å². The highest BCUT2D eigenvalue weighted by Crippen LogP contribution is 2.27. The molecule has 130 valence electrons. The van der Waals surface area contributed by atoms with Crippen molar-refractivity contribution in [1.82, 2.24) is 0 Å². The second-order valence-corrected chi connectivity index (χ2v) is 5.85. The first-order chi connectivity index (χ1) is 10.9. The predicted molar refractivity (Wildman–Crippen MR) is 81.4 cm³/mol. The van der Waals surface area contributed by atoms with Gasteiger partial charge in [-0.2, -0.15) is 0 Å². The normalized spacial score (nSPS) is 29.3. The molecule has 5 atom stereocenters. The number of methoxy groups -OCH3 is 1. The number of hydrogen-bond acceptors (Lipinski definition) is 7. The quantitative estimate of drug-likeness (QED) is 0.480. The zero-order chi connectivity index (χ0) is 17.0. The van der Waals surface area contributed by atoms with Gasteiger partial charge in [0.25, 0.3) is 0 Å². The second kappa shape index (κ2) is 7.94. The summed E-state index contributed by atoms with van der Waals surface area (Å²) in [5.41, 5.74) is 0.902. The predicted octanol–water partition coefficient (Wildman–Crippen LogP) is -0.434. The summed E-state index contributed by atoms with van der Waals surface area (Å²) in [5.74, 6) is 0.434. The molecule has 1 aromatic carbocycles. The summed E-state index contributed by atoms with van der Waals surface area (Å²) in [6.45, 7) is -0.0647. The summed E-state index contributed by atoms with van der Waals surface area (Å²) < 4.78 is 10.3. The third-order valence-electron chi connectivity index (χ3n) is 4.12. The Kier molecular flexibility index (Phi) is 6.20. The molecule has 1 fully saturated rings. The van der Waals surface area contributed by atoms with Gasteiger partial charge < -0.3 is 35.0 Å². The summed E-state index contributed by atoms with van der Waals surface area (Å²) in [4.78, 5) is 0. The van der Waals surface area contributed by atoms with Crippen molar-refractivity contribution < 1.29 is 35.0 Å².